The molecular formula is C22H22BrN7O3S. The average molecular weight is 544 g/mol. The van der Waals surface area contributed by atoms with Crippen molar-refractivity contribution in [1.29, 1.82) is 0 Å². The van der Waals surface area contributed by atoms with E-state index in [0.717, 1.165) is 23.0 Å². The molecule has 0 spiro atoms. The number of ether oxygens (including phenoxy) is 1. The molecule has 0 aliphatic rings. The van der Waals surface area contributed by atoms with Crippen molar-refractivity contribution in [3.05, 3.63) is 51.9 Å². The second-order valence-corrected chi connectivity index (χ2v) is 9.16. The van der Waals surface area contributed by atoms with Crippen LogP contribution in [0.4, 0.5) is 10.6 Å². The smallest absolute Gasteiger partial charge is 0.410 e. The molecule has 0 fully saturated rings. The normalized spacial score (nSPS) is 11.1. The monoisotopic (exact) mass is 543 g/mol. The Bertz CT molecular complexity index is 1290. The van der Waals surface area contributed by atoms with Gasteiger partial charge < -0.3 is 20.3 Å². The van der Waals surface area contributed by atoms with Crippen LogP contribution in [-0.4, -0.2) is 63.6 Å². The van der Waals surface area contributed by atoms with Crippen LogP contribution >= 0.6 is 27.5 Å². The fraction of sp³-hybridized carbons (Fsp3) is 0.227. The van der Waals surface area contributed by atoms with Gasteiger partial charge >= 0.3 is 6.09 Å². The third kappa shape index (κ3) is 5.76. The quantitative estimate of drug-likeness (QED) is 0.285. The Morgan fingerprint density at radius 1 is 1.24 bits per heavy atom. The summed E-state index contributed by atoms with van der Waals surface area (Å²) in [4.78, 5) is 31.0. The summed E-state index contributed by atoms with van der Waals surface area (Å²) in [5.74, 6) is 0.520. The van der Waals surface area contributed by atoms with Gasteiger partial charge in [0.05, 0.1) is 22.8 Å². The van der Waals surface area contributed by atoms with Gasteiger partial charge in [0.1, 0.15) is 5.75 Å². The van der Waals surface area contributed by atoms with Crippen LogP contribution in [0, 0.1) is 0 Å². The predicted octanol–water partition coefficient (Wildman–Crippen LogP) is 4.14. The molecule has 0 aliphatic carbocycles. The minimum Gasteiger partial charge on any atom is -0.410 e. The summed E-state index contributed by atoms with van der Waals surface area (Å²) in [7, 11) is 3.97. The maximum atomic E-state index is 12.3. The molecular weight excluding hydrogens is 522 g/mol. The maximum Gasteiger partial charge on any atom is 0.412 e. The number of pyridine rings is 1. The van der Waals surface area contributed by atoms with Crippen molar-refractivity contribution in [2.24, 2.45) is 0 Å². The first kappa shape index (κ1) is 23.8. The number of aromatic nitrogens is 4. The molecule has 0 radical (unpaired) electrons. The van der Waals surface area contributed by atoms with E-state index < -0.39 is 6.09 Å². The van der Waals surface area contributed by atoms with E-state index in [1.807, 2.05) is 32.3 Å². The number of hydrogen-bond donors (Lipinski definition) is 3. The number of nitrogens with zero attached hydrogens (tertiary/aromatic N) is 4. The van der Waals surface area contributed by atoms with Crippen molar-refractivity contribution in [1.82, 2.24) is 29.8 Å². The first-order chi connectivity index (χ1) is 16.4. The van der Waals surface area contributed by atoms with Gasteiger partial charge in [0.15, 0.2) is 11.5 Å². The maximum absolute atomic E-state index is 12.3. The van der Waals surface area contributed by atoms with Gasteiger partial charge in [-0.25, -0.2) is 14.2 Å². The van der Waals surface area contributed by atoms with Gasteiger partial charge in [-0.2, -0.15) is 5.10 Å². The summed E-state index contributed by atoms with van der Waals surface area (Å²) >= 11 is 4.76. The SMILES string of the molecule is CN(C)CCCNC(=O)Oc1ccc(-c2nc3[nH]nc(NC(=O)c4cnsc4)c3cc2Br)cc1. The summed E-state index contributed by atoms with van der Waals surface area (Å²) in [6.45, 7) is 1.43. The topological polar surface area (TPSA) is 125 Å². The third-order valence-corrected chi connectivity index (χ3v) is 6.01. The van der Waals surface area contributed by atoms with E-state index in [1.54, 1.807) is 17.5 Å². The number of halogens is 1. The molecule has 3 aromatic heterocycles. The molecule has 176 valence electrons. The number of amides is 2. The summed E-state index contributed by atoms with van der Waals surface area (Å²) in [5.41, 5.74) is 2.48. The van der Waals surface area contributed by atoms with Gasteiger partial charge in [0.2, 0.25) is 0 Å². The Labute approximate surface area is 208 Å². The Kier molecular flexibility index (Phi) is 7.50. The van der Waals surface area contributed by atoms with Gasteiger partial charge in [-0.3, -0.25) is 9.89 Å². The number of carbonyl (C=O) groups excluding carboxylic acids is 2. The van der Waals surface area contributed by atoms with Crippen molar-refractivity contribution in [3.63, 3.8) is 0 Å². The van der Waals surface area contributed by atoms with E-state index in [-0.39, 0.29) is 5.91 Å². The number of H-pyrrole nitrogens is 1. The van der Waals surface area contributed by atoms with Crippen LogP contribution in [0.1, 0.15) is 16.8 Å². The summed E-state index contributed by atoms with van der Waals surface area (Å²) < 4.78 is 9.99. The standard InChI is InChI=1S/C22H22BrN7O3S/c1-30(2)9-3-8-24-22(32)33-15-6-4-13(5-7-15)18-17(23)10-16-19(26-18)28-29-20(16)27-21(31)14-11-25-34-12-14/h4-7,10-12H,3,8-9H2,1-2H3,(H,24,32)(H2,26,27,28,29,31). The third-order valence-electron chi connectivity index (χ3n) is 4.82. The molecule has 0 saturated carbocycles. The highest BCUT2D eigenvalue weighted by Crippen LogP contribution is 2.32. The molecule has 3 N–H and O–H groups in total. The summed E-state index contributed by atoms with van der Waals surface area (Å²) in [6, 6.07) is 8.89. The average Bonchev–Trinajstić information content (AvgIpc) is 3.48. The van der Waals surface area contributed by atoms with Crippen LogP contribution in [0.5, 0.6) is 5.75 Å². The van der Waals surface area contributed by atoms with Crippen LogP contribution in [0.15, 0.2) is 46.4 Å². The lowest BCUT2D eigenvalue weighted by atomic mass is 10.1. The molecule has 0 atom stereocenters. The number of fused-ring (bicyclic) bond motifs is 1. The van der Waals surface area contributed by atoms with Crippen molar-refractivity contribution >= 4 is 56.3 Å². The molecule has 12 heteroatoms. The highest BCUT2D eigenvalue weighted by molar-refractivity contribution is 9.10. The largest absolute Gasteiger partial charge is 0.412 e. The molecule has 4 rings (SSSR count). The summed E-state index contributed by atoms with van der Waals surface area (Å²) in [5, 5.41) is 14.9. The lowest BCUT2D eigenvalue weighted by Crippen LogP contribution is -2.29. The Hall–Kier alpha value is -3.35. The number of rotatable bonds is 8. The molecule has 1 aromatic carbocycles. The van der Waals surface area contributed by atoms with Gasteiger partial charge in [0, 0.05) is 22.0 Å². The molecule has 0 aliphatic heterocycles. The molecule has 2 amide bonds. The second kappa shape index (κ2) is 10.7. The van der Waals surface area contributed by atoms with E-state index in [1.165, 1.54) is 17.7 Å². The number of benzene rings is 1. The molecule has 0 saturated heterocycles. The zero-order valence-electron chi connectivity index (χ0n) is 18.5. The molecule has 4 aromatic rings. The first-order valence-corrected chi connectivity index (χ1v) is 12.0. The van der Waals surface area contributed by atoms with Crippen LogP contribution in [-0.2, 0) is 0 Å². The van der Waals surface area contributed by atoms with Gasteiger partial charge in [-0.15, -0.1) is 0 Å². The van der Waals surface area contributed by atoms with E-state index in [4.69, 9.17) is 4.74 Å². The van der Waals surface area contributed by atoms with E-state index >= 15 is 0 Å². The zero-order valence-corrected chi connectivity index (χ0v) is 20.9. The van der Waals surface area contributed by atoms with Gasteiger partial charge in [-0.1, -0.05) is 0 Å². The number of carbonyl (C=O) groups is 2. The van der Waals surface area contributed by atoms with Crippen LogP contribution in [0.3, 0.4) is 0 Å². The van der Waals surface area contributed by atoms with Crippen LogP contribution < -0.4 is 15.4 Å². The lowest BCUT2D eigenvalue weighted by molar-refractivity contribution is 0.102. The molecule has 34 heavy (non-hydrogen) atoms. The van der Waals surface area contributed by atoms with E-state index in [2.05, 4.69) is 51.0 Å². The lowest BCUT2D eigenvalue weighted by Gasteiger charge is -2.10. The van der Waals surface area contributed by atoms with Gasteiger partial charge in [0.25, 0.3) is 5.91 Å². The minimum absolute atomic E-state index is 0.292. The molecule has 3 heterocycles. The molecule has 0 unspecified atom stereocenters. The van der Waals surface area contributed by atoms with E-state index in [0.29, 0.717) is 40.4 Å². The Balaban J connectivity index is 1.43. The number of aromatic amines is 1. The van der Waals surface area contributed by atoms with Crippen molar-refractivity contribution in [2.45, 2.75) is 6.42 Å². The molecule has 10 nitrogen and oxygen atoms in total. The number of anilines is 1. The first-order valence-electron chi connectivity index (χ1n) is 10.4. The fourth-order valence-electron chi connectivity index (χ4n) is 3.13. The van der Waals surface area contributed by atoms with Crippen LogP contribution in [0.25, 0.3) is 22.3 Å². The highest BCUT2D eigenvalue weighted by Gasteiger charge is 2.16. The van der Waals surface area contributed by atoms with Crippen molar-refractivity contribution in [2.75, 3.05) is 32.5 Å². The molecule has 0 bridgehead atoms. The van der Waals surface area contributed by atoms with Crippen LogP contribution in [0.2, 0.25) is 0 Å². The highest BCUT2D eigenvalue weighted by atomic mass is 79.9. The van der Waals surface area contributed by atoms with Gasteiger partial charge in [-0.05, 0) is 84.9 Å². The van der Waals surface area contributed by atoms with Crippen molar-refractivity contribution in [3.8, 4) is 17.0 Å². The zero-order chi connectivity index (χ0) is 24.1. The van der Waals surface area contributed by atoms with Crippen molar-refractivity contribution < 1.29 is 14.3 Å². The van der Waals surface area contributed by atoms with E-state index in [9.17, 15) is 9.59 Å². The second-order valence-electron chi connectivity index (χ2n) is 7.65. The minimum atomic E-state index is -0.488. The number of hydrogen-bond acceptors (Lipinski definition) is 8. The Morgan fingerprint density at radius 2 is 2.03 bits per heavy atom. The fourth-order valence-corrected chi connectivity index (χ4v) is 4.19. The summed E-state index contributed by atoms with van der Waals surface area (Å²) in [6.07, 6.45) is 1.86. The Morgan fingerprint density at radius 3 is 2.74 bits per heavy atom. The predicted molar refractivity (Wildman–Crippen MR) is 134 cm³/mol. The number of nitrogens with one attached hydrogen (secondary N) is 3.